The first-order chi connectivity index (χ1) is 25.4. The summed E-state index contributed by atoms with van der Waals surface area (Å²) in [4.78, 5) is 40.2. The van der Waals surface area contributed by atoms with Gasteiger partial charge in [-0.2, -0.15) is 0 Å². The average Bonchev–Trinajstić information content (AvgIpc) is 3.18. The normalized spacial score (nSPS) is 13.1. The van der Waals surface area contributed by atoms with E-state index in [0.717, 1.165) is 28.0 Å². The lowest BCUT2D eigenvalue weighted by Gasteiger charge is -2.24. The minimum atomic E-state index is -0.730. The standard InChI is InChI=1S/C44H50N2O6/c1-3-5-20-38(27-33-16-9-6-10-17-33)44(50)52-41(36-21-13-8-14-22-36)30-45-43(49)37(15-4-2)29-42(48)46-39(31-47)28-34-23-25-40(26-24-34)51-32-35-18-11-7-12-19-35/h3-4,6-14,16-19,21-26,37-39,41,47H,1-2,5,15,20,27-32H2,(H,45,49)(H,46,48)/t37-,38-,39+,41-/m1/s1. The summed E-state index contributed by atoms with van der Waals surface area (Å²) in [6, 6.07) is 36.0. The third kappa shape index (κ3) is 13.3. The van der Waals surface area contributed by atoms with Gasteiger partial charge in [-0.3, -0.25) is 14.4 Å². The fraction of sp³-hybridized carbons (Fsp3) is 0.295. The summed E-state index contributed by atoms with van der Waals surface area (Å²) < 4.78 is 11.9. The Balaban J connectivity index is 1.33. The van der Waals surface area contributed by atoms with Crippen molar-refractivity contribution in [2.24, 2.45) is 11.8 Å². The molecule has 0 spiro atoms. The van der Waals surface area contributed by atoms with E-state index in [1.165, 1.54) is 0 Å². The van der Waals surface area contributed by atoms with Crippen LogP contribution in [0.25, 0.3) is 0 Å². The number of hydrogen-bond donors (Lipinski definition) is 3. The van der Waals surface area contributed by atoms with Crippen molar-refractivity contribution in [1.82, 2.24) is 10.6 Å². The van der Waals surface area contributed by atoms with E-state index in [1.807, 2.05) is 115 Å². The van der Waals surface area contributed by atoms with E-state index >= 15 is 0 Å². The van der Waals surface area contributed by atoms with Crippen LogP contribution in [0.5, 0.6) is 5.75 Å². The molecule has 0 radical (unpaired) electrons. The molecule has 4 aromatic rings. The van der Waals surface area contributed by atoms with Gasteiger partial charge in [-0.1, -0.05) is 115 Å². The van der Waals surface area contributed by atoms with Crippen LogP contribution in [0.4, 0.5) is 0 Å². The van der Waals surface area contributed by atoms with Gasteiger partial charge in [-0.25, -0.2) is 0 Å². The zero-order valence-electron chi connectivity index (χ0n) is 29.7. The second-order valence-corrected chi connectivity index (χ2v) is 12.8. The van der Waals surface area contributed by atoms with Crippen LogP contribution in [0.3, 0.4) is 0 Å². The molecular weight excluding hydrogens is 652 g/mol. The third-order valence-corrected chi connectivity index (χ3v) is 8.76. The minimum absolute atomic E-state index is 0.0354. The Labute approximate surface area is 307 Å². The zero-order valence-corrected chi connectivity index (χ0v) is 29.7. The highest BCUT2D eigenvalue weighted by Crippen LogP contribution is 2.23. The van der Waals surface area contributed by atoms with Crippen molar-refractivity contribution < 1.29 is 29.0 Å². The van der Waals surface area contributed by atoms with E-state index in [0.29, 0.717) is 32.3 Å². The van der Waals surface area contributed by atoms with Gasteiger partial charge in [0.2, 0.25) is 11.8 Å². The molecule has 8 nitrogen and oxygen atoms in total. The van der Waals surface area contributed by atoms with Crippen LogP contribution in [0.15, 0.2) is 141 Å². The van der Waals surface area contributed by atoms with Gasteiger partial charge in [0.25, 0.3) is 0 Å². The zero-order chi connectivity index (χ0) is 37.0. The Bertz CT molecular complexity index is 1680. The maximum Gasteiger partial charge on any atom is 0.309 e. The van der Waals surface area contributed by atoms with Crippen molar-refractivity contribution in [2.75, 3.05) is 13.2 Å². The van der Waals surface area contributed by atoms with E-state index in [-0.39, 0.29) is 49.7 Å². The number of carbonyl (C=O) groups excluding carboxylic acids is 3. The molecule has 0 aliphatic rings. The number of nitrogens with one attached hydrogen (secondary N) is 2. The fourth-order valence-electron chi connectivity index (χ4n) is 5.89. The Kier molecular flexibility index (Phi) is 16.4. The minimum Gasteiger partial charge on any atom is -0.489 e. The molecule has 52 heavy (non-hydrogen) atoms. The molecule has 4 rings (SSSR count). The largest absolute Gasteiger partial charge is 0.489 e. The summed E-state index contributed by atoms with van der Waals surface area (Å²) in [5.41, 5.74) is 3.77. The van der Waals surface area contributed by atoms with E-state index in [9.17, 15) is 19.5 Å². The quantitative estimate of drug-likeness (QED) is 0.0596. The van der Waals surface area contributed by atoms with Crippen LogP contribution in [-0.4, -0.2) is 42.1 Å². The molecule has 0 fully saturated rings. The highest BCUT2D eigenvalue weighted by Gasteiger charge is 2.27. The molecule has 0 saturated heterocycles. The predicted octanol–water partition coefficient (Wildman–Crippen LogP) is 7.09. The highest BCUT2D eigenvalue weighted by atomic mass is 16.5. The summed E-state index contributed by atoms with van der Waals surface area (Å²) >= 11 is 0. The maximum absolute atomic E-state index is 13.6. The Hall–Kier alpha value is -5.47. The van der Waals surface area contributed by atoms with Gasteiger partial charge < -0.3 is 25.2 Å². The number of aliphatic hydroxyl groups is 1. The van der Waals surface area contributed by atoms with Crippen molar-refractivity contribution in [3.8, 4) is 5.75 Å². The number of hydrogen-bond acceptors (Lipinski definition) is 6. The molecule has 8 heteroatoms. The number of aliphatic hydroxyl groups excluding tert-OH is 1. The molecule has 0 aliphatic carbocycles. The van der Waals surface area contributed by atoms with Gasteiger partial charge in [0.15, 0.2) is 0 Å². The first-order valence-corrected chi connectivity index (χ1v) is 17.8. The predicted molar refractivity (Wildman–Crippen MR) is 204 cm³/mol. The maximum atomic E-state index is 13.6. The Morgan fingerprint density at radius 2 is 1.35 bits per heavy atom. The number of ether oxygens (including phenoxy) is 2. The molecule has 0 aliphatic heterocycles. The summed E-state index contributed by atoms with van der Waals surface area (Å²) in [7, 11) is 0. The first kappa shape index (κ1) is 39.3. The Morgan fingerprint density at radius 1 is 0.731 bits per heavy atom. The number of allylic oxidation sites excluding steroid dienone is 2. The first-order valence-electron chi connectivity index (χ1n) is 17.8. The lowest BCUT2D eigenvalue weighted by molar-refractivity contribution is -0.155. The number of rotatable bonds is 22. The third-order valence-electron chi connectivity index (χ3n) is 8.76. The lowest BCUT2D eigenvalue weighted by atomic mass is 9.94. The van der Waals surface area contributed by atoms with Gasteiger partial charge in [-0.05, 0) is 66.5 Å². The van der Waals surface area contributed by atoms with Crippen molar-refractivity contribution in [2.45, 2.75) is 57.3 Å². The van der Waals surface area contributed by atoms with E-state index in [2.05, 4.69) is 23.8 Å². The number of benzene rings is 4. The van der Waals surface area contributed by atoms with Gasteiger partial charge in [0.1, 0.15) is 18.5 Å². The van der Waals surface area contributed by atoms with Crippen molar-refractivity contribution in [3.05, 3.63) is 163 Å². The molecule has 0 unspecified atom stereocenters. The van der Waals surface area contributed by atoms with Crippen LogP contribution in [0, 0.1) is 11.8 Å². The van der Waals surface area contributed by atoms with E-state index < -0.39 is 18.1 Å². The molecule has 0 saturated carbocycles. The van der Waals surface area contributed by atoms with Crippen LogP contribution in [0.1, 0.15) is 54.0 Å². The van der Waals surface area contributed by atoms with Crippen LogP contribution < -0.4 is 15.4 Å². The number of esters is 1. The molecule has 2 amide bonds. The van der Waals surface area contributed by atoms with E-state index in [1.54, 1.807) is 12.2 Å². The molecule has 4 aromatic carbocycles. The van der Waals surface area contributed by atoms with Crippen molar-refractivity contribution in [1.29, 1.82) is 0 Å². The van der Waals surface area contributed by atoms with Crippen LogP contribution in [0.2, 0.25) is 0 Å². The fourth-order valence-corrected chi connectivity index (χ4v) is 5.89. The summed E-state index contributed by atoms with van der Waals surface area (Å²) in [6.45, 7) is 7.82. The van der Waals surface area contributed by atoms with Crippen molar-refractivity contribution in [3.63, 3.8) is 0 Å². The topological polar surface area (TPSA) is 114 Å². The van der Waals surface area contributed by atoms with Gasteiger partial charge in [-0.15, -0.1) is 13.2 Å². The molecule has 272 valence electrons. The molecule has 0 aromatic heterocycles. The number of amides is 2. The summed E-state index contributed by atoms with van der Waals surface area (Å²) in [5, 5.41) is 15.9. The molecule has 0 heterocycles. The average molecular weight is 703 g/mol. The lowest BCUT2D eigenvalue weighted by Crippen LogP contribution is -2.42. The molecule has 4 atom stereocenters. The summed E-state index contributed by atoms with van der Waals surface area (Å²) in [6.07, 6.45) is 5.02. The number of carbonyl (C=O) groups is 3. The van der Waals surface area contributed by atoms with Gasteiger partial charge in [0, 0.05) is 6.42 Å². The van der Waals surface area contributed by atoms with Crippen LogP contribution >= 0.6 is 0 Å². The molecular formula is C44H50N2O6. The van der Waals surface area contributed by atoms with Crippen LogP contribution in [-0.2, 0) is 38.6 Å². The smallest absolute Gasteiger partial charge is 0.309 e. The van der Waals surface area contributed by atoms with E-state index in [4.69, 9.17) is 9.47 Å². The second-order valence-electron chi connectivity index (χ2n) is 12.8. The van der Waals surface area contributed by atoms with Gasteiger partial charge in [0.05, 0.1) is 31.0 Å². The van der Waals surface area contributed by atoms with Gasteiger partial charge >= 0.3 is 5.97 Å². The molecule has 0 bridgehead atoms. The summed E-state index contributed by atoms with van der Waals surface area (Å²) in [5.74, 6) is -1.43. The molecule has 3 N–H and O–H groups in total. The second kappa shape index (κ2) is 21.7. The highest BCUT2D eigenvalue weighted by molar-refractivity contribution is 5.86. The SMILES string of the molecule is C=CCC[C@H](Cc1ccccc1)C(=O)O[C@H](CNC(=O)[C@H](CC=C)CC(=O)N[C@H](CO)Cc1ccc(OCc2ccccc2)cc1)c1ccccc1. The Morgan fingerprint density at radius 3 is 1.96 bits per heavy atom. The van der Waals surface area contributed by atoms with Crippen molar-refractivity contribution >= 4 is 17.8 Å². The monoisotopic (exact) mass is 702 g/mol.